The van der Waals surface area contributed by atoms with Crippen molar-refractivity contribution in [2.75, 3.05) is 12.3 Å². The average Bonchev–Trinajstić information content (AvgIpc) is 2.65. The molecule has 0 aliphatic rings. The minimum Gasteiger partial charge on any atom is -0.478 e. The van der Waals surface area contributed by atoms with E-state index in [2.05, 4.69) is 30.7 Å². The summed E-state index contributed by atoms with van der Waals surface area (Å²) in [4.78, 5) is 12.4. The number of carbonyl (C=O) groups is 1. The van der Waals surface area contributed by atoms with E-state index in [4.69, 9.17) is 0 Å². The molecule has 0 saturated heterocycles. The highest BCUT2D eigenvalue weighted by Gasteiger charge is 2.18. The number of aromatic carboxylic acids is 1. The Kier molecular flexibility index (Phi) is 7.47. The molecule has 7 heteroatoms. The van der Waals surface area contributed by atoms with Crippen molar-refractivity contribution < 1.29 is 18.3 Å². The zero-order chi connectivity index (χ0) is 20.0. The van der Waals surface area contributed by atoms with Gasteiger partial charge in [-0.05, 0) is 47.7 Å². The largest absolute Gasteiger partial charge is 0.478 e. The lowest BCUT2D eigenvalue weighted by Gasteiger charge is -2.10. The number of sulfonamides is 1. The smallest absolute Gasteiger partial charge is 0.336 e. The molecule has 27 heavy (non-hydrogen) atoms. The van der Waals surface area contributed by atoms with Crippen molar-refractivity contribution in [3.63, 3.8) is 0 Å². The van der Waals surface area contributed by atoms with Crippen LogP contribution < -0.4 is 4.72 Å². The molecule has 0 spiro atoms. The van der Waals surface area contributed by atoms with Crippen LogP contribution in [0.2, 0.25) is 0 Å². The van der Waals surface area contributed by atoms with Gasteiger partial charge in [0.15, 0.2) is 0 Å². The number of rotatable bonds is 9. The molecular formula is C20H25NO4S2. The quantitative estimate of drug-likeness (QED) is 0.482. The number of aryl methyl sites for hydroxylation is 1. The molecule has 0 saturated carbocycles. The van der Waals surface area contributed by atoms with Gasteiger partial charge in [0.1, 0.15) is 0 Å². The highest BCUT2D eigenvalue weighted by atomic mass is 32.2. The molecule has 0 aliphatic heterocycles. The van der Waals surface area contributed by atoms with Crippen molar-refractivity contribution in [2.45, 2.75) is 42.9 Å². The highest BCUT2D eigenvalue weighted by molar-refractivity contribution is 7.99. The predicted octanol–water partition coefficient (Wildman–Crippen LogP) is 4.14. The number of thioether (sulfide) groups is 1. The first kappa shape index (κ1) is 21.5. The monoisotopic (exact) mass is 407 g/mol. The Morgan fingerprint density at radius 1 is 1.15 bits per heavy atom. The fraction of sp³-hybridized carbons (Fsp3) is 0.350. The summed E-state index contributed by atoms with van der Waals surface area (Å²) in [5.41, 5.74) is 1.91. The summed E-state index contributed by atoms with van der Waals surface area (Å²) in [5.74, 6) is -0.0611. The van der Waals surface area contributed by atoms with Crippen LogP contribution in [0.1, 0.15) is 48.2 Å². The molecule has 2 aromatic rings. The van der Waals surface area contributed by atoms with E-state index in [0.717, 1.165) is 4.90 Å². The van der Waals surface area contributed by atoms with Crippen LogP contribution in [0.3, 0.4) is 0 Å². The van der Waals surface area contributed by atoms with Crippen LogP contribution in [-0.2, 0) is 16.4 Å². The van der Waals surface area contributed by atoms with Gasteiger partial charge in [-0.2, -0.15) is 0 Å². The minimum atomic E-state index is -3.74. The van der Waals surface area contributed by atoms with Gasteiger partial charge in [0.2, 0.25) is 10.0 Å². The lowest BCUT2D eigenvalue weighted by Crippen LogP contribution is -2.26. The van der Waals surface area contributed by atoms with Crippen LogP contribution in [0.25, 0.3) is 0 Å². The van der Waals surface area contributed by atoms with Crippen LogP contribution in [0, 0.1) is 0 Å². The highest BCUT2D eigenvalue weighted by Crippen LogP contribution is 2.22. The zero-order valence-corrected chi connectivity index (χ0v) is 17.4. The Bertz CT molecular complexity index is 891. The summed E-state index contributed by atoms with van der Waals surface area (Å²) in [5, 5.41) is 9.26. The van der Waals surface area contributed by atoms with Crippen LogP contribution in [-0.4, -0.2) is 31.8 Å². The van der Waals surface area contributed by atoms with E-state index in [0.29, 0.717) is 23.7 Å². The lowest BCUT2D eigenvalue weighted by molar-refractivity contribution is 0.0695. The van der Waals surface area contributed by atoms with E-state index in [1.54, 1.807) is 17.8 Å². The molecule has 2 N–H and O–H groups in total. The number of hydrogen-bond donors (Lipinski definition) is 2. The molecule has 0 radical (unpaired) electrons. The van der Waals surface area contributed by atoms with Gasteiger partial charge in [-0.3, -0.25) is 0 Å². The number of nitrogens with one attached hydrogen (secondary N) is 1. The van der Waals surface area contributed by atoms with Crippen molar-refractivity contribution >= 4 is 27.8 Å². The van der Waals surface area contributed by atoms with Gasteiger partial charge in [0, 0.05) is 17.2 Å². The average molecular weight is 408 g/mol. The fourth-order valence-electron chi connectivity index (χ4n) is 2.61. The molecule has 2 aromatic carbocycles. The standard InChI is InChI=1S/C20H25NO4S2/c1-4-15-7-10-18(13-19(15)20(22)23)27(24,25)21-11-12-26-17-8-5-16(6-9-17)14(2)3/h5-10,13-14,21H,4,11-12H2,1-3H3,(H,22,23). The van der Waals surface area contributed by atoms with E-state index in [1.807, 2.05) is 19.1 Å². The number of hydrogen-bond acceptors (Lipinski definition) is 4. The van der Waals surface area contributed by atoms with E-state index in [9.17, 15) is 18.3 Å². The molecule has 0 heterocycles. The SMILES string of the molecule is CCc1ccc(S(=O)(=O)NCCSc2ccc(C(C)C)cc2)cc1C(=O)O. The van der Waals surface area contributed by atoms with Crippen molar-refractivity contribution in [3.8, 4) is 0 Å². The molecule has 0 fully saturated rings. The van der Waals surface area contributed by atoms with Crippen molar-refractivity contribution in [2.24, 2.45) is 0 Å². The molecule has 2 rings (SSSR count). The molecule has 0 aromatic heterocycles. The van der Waals surface area contributed by atoms with Gasteiger partial charge in [0.25, 0.3) is 0 Å². The Labute approximate surface area is 165 Å². The topological polar surface area (TPSA) is 83.5 Å². The second-order valence-corrected chi connectivity index (χ2v) is 9.38. The van der Waals surface area contributed by atoms with Gasteiger partial charge in [0.05, 0.1) is 10.5 Å². The Hall–Kier alpha value is -1.83. The third-order valence-electron chi connectivity index (χ3n) is 4.21. The van der Waals surface area contributed by atoms with Crippen molar-refractivity contribution in [1.29, 1.82) is 0 Å². The molecular weight excluding hydrogens is 382 g/mol. The molecule has 5 nitrogen and oxygen atoms in total. The van der Waals surface area contributed by atoms with Crippen LogP contribution in [0.5, 0.6) is 0 Å². The second kappa shape index (κ2) is 9.39. The summed E-state index contributed by atoms with van der Waals surface area (Å²) < 4.78 is 27.4. The Balaban J connectivity index is 1.96. The first-order valence-electron chi connectivity index (χ1n) is 8.83. The molecule has 146 valence electrons. The van der Waals surface area contributed by atoms with E-state index >= 15 is 0 Å². The number of benzene rings is 2. The molecule has 0 unspecified atom stereocenters. The summed E-state index contributed by atoms with van der Waals surface area (Å²) in [7, 11) is -3.74. The van der Waals surface area contributed by atoms with E-state index in [-0.39, 0.29) is 17.0 Å². The third kappa shape index (κ3) is 5.82. The van der Waals surface area contributed by atoms with Crippen LogP contribution in [0.4, 0.5) is 0 Å². The van der Waals surface area contributed by atoms with Gasteiger partial charge in [-0.25, -0.2) is 17.9 Å². The maximum Gasteiger partial charge on any atom is 0.336 e. The lowest BCUT2D eigenvalue weighted by atomic mass is 10.0. The summed E-state index contributed by atoms with van der Waals surface area (Å²) in [6.07, 6.45) is 0.529. The first-order valence-corrected chi connectivity index (χ1v) is 11.3. The van der Waals surface area contributed by atoms with Gasteiger partial charge < -0.3 is 5.11 Å². The predicted molar refractivity (Wildman–Crippen MR) is 109 cm³/mol. The van der Waals surface area contributed by atoms with Gasteiger partial charge in [-0.1, -0.05) is 39.0 Å². The Morgan fingerprint density at radius 3 is 2.37 bits per heavy atom. The first-order chi connectivity index (χ1) is 12.7. The van der Waals surface area contributed by atoms with Crippen LogP contribution >= 0.6 is 11.8 Å². The van der Waals surface area contributed by atoms with Crippen molar-refractivity contribution in [3.05, 3.63) is 59.2 Å². The van der Waals surface area contributed by atoms with Crippen molar-refractivity contribution in [1.82, 2.24) is 4.72 Å². The summed E-state index contributed by atoms with van der Waals surface area (Å²) in [6.45, 7) is 6.37. The molecule has 0 aliphatic carbocycles. The normalized spacial score (nSPS) is 11.7. The maximum atomic E-state index is 12.4. The molecule has 0 amide bonds. The van der Waals surface area contributed by atoms with E-state index < -0.39 is 16.0 Å². The minimum absolute atomic E-state index is 0.0246. The molecule has 0 atom stereocenters. The van der Waals surface area contributed by atoms with Gasteiger partial charge >= 0.3 is 5.97 Å². The maximum absolute atomic E-state index is 12.4. The summed E-state index contributed by atoms with van der Waals surface area (Å²) >= 11 is 1.57. The summed E-state index contributed by atoms with van der Waals surface area (Å²) in [6, 6.07) is 12.5. The zero-order valence-electron chi connectivity index (χ0n) is 15.7. The molecule has 0 bridgehead atoms. The second-order valence-electron chi connectivity index (χ2n) is 6.45. The fourth-order valence-corrected chi connectivity index (χ4v) is 4.56. The number of carboxylic acid groups (broad SMARTS) is 1. The Morgan fingerprint density at radius 2 is 1.81 bits per heavy atom. The number of carboxylic acids is 1. The van der Waals surface area contributed by atoms with E-state index in [1.165, 1.54) is 17.7 Å². The van der Waals surface area contributed by atoms with Gasteiger partial charge in [-0.15, -0.1) is 11.8 Å². The van der Waals surface area contributed by atoms with Crippen LogP contribution in [0.15, 0.2) is 52.3 Å². The third-order valence-corrected chi connectivity index (χ3v) is 6.69.